The molecule has 2 aliphatic heterocycles. The normalized spacial score (nSPS) is 26.8. The molecular weight excluding hydrogens is 1760 g/mol. The number of pyridine rings is 4. The molecule has 8 heterocycles. The van der Waals surface area contributed by atoms with Gasteiger partial charge in [-0.15, -0.1) is 0 Å². The third kappa shape index (κ3) is 23.9. The highest BCUT2D eigenvalue weighted by Crippen LogP contribution is 2.52. The van der Waals surface area contributed by atoms with Crippen LogP contribution in [0.5, 0.6) is 0 Å². The fourth-order valence-corrected chi connectivity index (χ4v) is 23.1. The summed E-state index contributed by atoms with van der Waals surface area (Å²) in [4.78, 5) is 90.1. The Morgan fingerprint density at radius 1 is 0.399 bits per heavy atom. The van der Waals surface area contributed by atoms with E-state index < -0.39 is 0 Å². The van der Waals surface area contributed by atoms with E-state index in [9.17, 15) is 46.3 Å². The van der Waals surface area contributed by atoms with Crippen LogP contribution in [-0.2, 0) is 36.5 Å². The number of urea groups is 1. The van der Waals surface area contributed by atoms with E-state index in [1.54, 1.807) is 69.2 Å². The predicted octanol–water partition coefficient (Wildman–Crippen LogP) is 22.2. The molecule has 20 rings (SSSR count). The lowest BCUT2D eigenvalue weighted by Gasteiger charge is -2.47. The number of carbonyl (C=O) groups is 6. The van der Waals surface area contributed by atoms with Gasteiger partial charge in [0.1, 0.15) is 35.1 Å². The number of rotatable bonds is 20. The van der Waals surface area contributed by atoms with Gasteiger partial charge in [0.2, 0.25) is 0 Å². The number of benzene rings is 4. The SMILES string of the molecule is CCOC(=O)N[C@@H]1CC[C@@H]2[C@@H](C1)C[C@@H]1NC(=O)N[C@@H]1[C@H]2/C=C/c1ccc(-c2cccc(F)c2)cn1.CCOC(=O)N[C@@H]1CC[C@@H]2[C@@H](C1)C[C@@H]1NC(=O)O[C@@H]1[C@H]2/C=C/c1ccc(-c2cccc(F)c2)cn1.CCOC(=O)N[C@@H]1CC[C@@H]2[C@H](Cc3cocc3[C@H]2/C=C/c2ccc(-c3cccc(F)c3)cn2)C1.CCOC(=O)N[C@@H]1CC[C@@H]2[C@H](Cc3occc3[C@H]2/C=C/c2ccc(-c3cccc(F)c3)cn2)C1. The first-order valence-electron chi connectivity index (χ1n) is 48.7. The molecule has 7 amide bonds. The van der Waals surface area contributed by atoms with Gasteiger partial charge < -0.3 is 69.7 Å². The lowest BCUT2D eigenvalue weighted by Crippen LogP contribution is -2.53. The summed E-state index contributed by atoms with van der Waals surface area (Å²) in [5, 5.41) is 21.2. The summed E-state index contributed by atoms with van der Waals surface area (Å²) in [6, 6.07) is 44.1. The molecule has 0 radical (unpaired) electrons. The minimum atomic E-state index is -0.369. The maximum absolute atomic E-state index is 13.6. The van der Waals surface area contributed by atoms with Gasteiger partial charge in [-0.3, -0.25) is 19.9 Å². The number of hydrogen-bond donors (Lipinski definition) is 7. The molecule has 6 saturated carbocycles. The summed E-state index contributed by atoms with van der Waals surface area (Å²) in [5.74, 6) is 4.15. The number of carbonyl (C=O) groups excluding carboxylic acids is 6. The van der Waals surface area contributed by atoms with E-state index in [0.717, 1.165) is 176 Å². The molecule has 28 heteroatoms. The smallest absolute Gasteiger partial charge is 0.407 e. The predicted molar refractivity (Wildman–Crippen MR) is 517 cm³/mol. The largest absolute Gasteiger partial charge is 0.472 e. The van der Waals surface area contributed by atoms with E-state index in [4.69, 9.17) is 32.5 Å². The first kappa shape index (κ1) is 96.0. The van der Waals surface area contributed by atoms with Crippen LogP contribution >= 0.6 is 0 Å². The van der Waals surface area contributed by atoms with Gasteiger partial charge in [-0.1, -0.05) is 97.1 Å². The minimum Gasteiger partial charge on any atom is -0.472 e. The standard InChI is InChI=1S/2C28H29FN2O3.C27H31FN4O3.C27H30FN3O4/c1-2-34-28(32)31-24-9-10-25-20(14-24)12-21-16-33-17-27(21)26(25)11-8-23-7-6-19(15-30-23)18-4-3-5-22(29)13-18;1-2-33-28(32)31-23-9-10-24-20(15-23)16-27-26(12-13-34-27)25(24)11-8-22-7-6-19(17-30-22)18-4-3-5-21(29)14-18;1-2-35-27(34)30-21-9-10-22-18(13-21)14-24-25(32-26(33)31-24)23(22)11-8-20-7-6-17(15-29-20)16-4-3-5-19(28)12-16;1-2-34-26(32)30-21-9-10-22-18(13-21)14-24-25(35-27(33)31-24)23(22)11-8-20-7-6-17(15-29-20)16-4-3-5-19(28)12-16/h3-8,11,13,15-17,20,24-26H,2,9-10,12,14H2,1H3,(H,31,32);3-8,11-14,17,20,23-25H,2,9-10,15-16H2,1H3,(H,31,32);3-8,11-12,15,18,21-25H,2,9-10,13-14H2,1H3,(H,30,34)(H2,31,32,33);3-8,11-12,15,18,21-25H,2,9-10,13-14H2,1H3,(H,30,32)(H,31,33)/b4*11-8+/t20-,24-,25-,26+;20-,23+,24+,25-;2*18-,21+,22+,23-,24-,25+/m1000/s1. The Balaban J connectivity index is 0.000000127. The third-order valence-electron chi connectivity index (χ3n) is 29.3. The van der Waals surface area contributed by atoms with E-state index in [0.29, 0.717) is 73.8 Å². The summed E-state index contributed by atoms with van der Waals surface area (Å²) in [5.41, 5.74) is 13.8. The molecule has 720 valence electrons. The van der Waals surface area contributed by atoms with E-state index in [1.165, 1.54) is 65.2 Å². The van der Waals surface area contributed by atoms with Crippen LogP contribution in [-0.4, -0.2) is 131 Å². The Morgan fingerprint density at radius 3 is 1.20 bits per heavy atom. The van der Waals surface area contributed by atoms with Crippen LogP contribution in [0.4, 0.5) is 46.3 Å². The number of alkyl carbamates (subject to hydrolysis) is 5. The van der Waals surface area contributed by atoms with Crippen LogP contribution in [0, 0.1) is 82.4 Å². The van der Waals surface area contributed by atoms with Crippen LogP contribution in [0.25, 0.3) is 68.8 Å². The van der Waals surface area contributed by atoms with E-state index in [-0.39, 0.29) is 132 Å². The Morgan fingerprint density at radius 2 is 0.783 bits per heavy atom. The number of nitrogens with zero attached hydrogens (tertiary/aromatic N) is 4. The first-order valence-corrected chi connectivity index (χ1v) is 48.7. The van der Waals surface area contributed by atoms with Gasteiger partial charge in [-0.25, -0.2) is 46.3 Å². The Kier molecular flexibility index (Phi) is 31.4. The number of nitrogens with one attached hydrogen (secondary N) is 7. The van der Waals surface area contributed by atoms with Gasteiger partial charge in [-0.2, -0.15) is 0 Å². The van der Waals surface area contributed by atoms with E-state index in [1.807, 2.05) is 111 Å². The summed E-state index contributed by atoms with van der Waals surface area (Å²) in [6.45, 7) is 8.70. The maximum atomic E-state index is 13.6. The Labute approximate surface area is 801 Å². The van der Waals surface area contributed by atoms with Gasteiger partial charge in [0.15, 0.2) is 0 Å². The van der Waals surface area contributed by atoms with Gasteiger partial charge >= 0.3 is 36.5 Å². The van der Waals surface area contributed by atoms with Crippen LogP contribution in [0.1, 0.15) is 175 Å². The molecule has 8 aliphatic carbocycles. The van der Waals surface area contributed by atoms with Crippen LogP contribution < -0.4 is 37.2 Å². The summed E-state index contributed by atoms with van der Waals surface area (Å²) in [7, 11) is 0. The monoisotopic (exact) mass is 1880 g/mol. The molecule has 6 aromatic heterocycles. The zero-order valence-corrected chi connectivity index (χ0v) is 77.9. The second-order valence-electron chi connectivity index (χ2n) is 37.7. The number of amides is 7. The van der Waals surface area contributed by atoms with Crippen molar-refractivity contribution in [1.29, 1.82) is 0 Å². The minimum absolute atomic E-state index is 0.0388. The molecule has 0 bridgehead atoms. The average Bonchev–Trinajstić information content (AvgIpc) is 1.57. The topological polar surface area (TPSA) is 311 Å². The molecule has 0 unspecified atom stereocenters. The molecule has 2 saturated heterocycles. The molecule has 4 aromatic carbocycles. The molecule has 7 N–H and O–H groups in total. The average molecular weight is 1880 g/mol. The number of fused-ring (bicyclic) bond motifs is 8. The third-order valence-corrected chi connectivity index (χ3v) is 29.3. The highest BCUT2D eigenvalue weighted by atomic mass is 19.1. The number of aromatic nitrogens is 4. The van der Waals surface area contributed by atoms with Crippen LogP contribution in [0.3, 0.4) is 0 Å². The van der Waals surface area contributed by atoms with E-state index in [2.05, 4.69) is 99.7 Å². The molecule has 20 atom stereocenters. The van der Waals surface area contributed by atoms with Crippen molar-refractivity contribution in [1.82, 2.24) is 57.2 Å². The molecule has 10 aliphatic rings. The summed E-state index contributed by atoms with van der Waals surface area (Å²) < 4.78 is 91.5. The Bertz CT molecular complexity index is 5630. The van der Waals surface area contributed by atoms with Gasteiger partial charge in [-0.05, 0) is 302 Å². The molecule has 0 spiro atoms. The Hall–Kier alpha value is -13.7. The zero-order valence-electron chi connectivity index (χ0n) is 77.9. The fourth-order valence-electron chi connectivity index (χ4n) is 23.1. The van der Waals surface area contributed by atoms with Gasteiger partial charge in [0.05, 0.1) is 86.1 Å². The van der Waals surface area contributed by atoms with Crippen LogP contribution in [0.2, 0.25) is 0 Å². The quantitative estimate of drug-likeness (QED) is 0.0275. The second kappa shape index (κ2) is 45.1. The van der Waals surface area contributed by atoms with Crippen molar-refractivity contribution in [3.63, 3.8) is 0 Å². The number of halogens is 4. The van der Waals surface area contributed by atoms with Crippen molar-refractivity contribution in [2.24, 2.45) is 59.2 Å². The molecular formula is C110H119F4N11O13. The highest BCUT2D eigenvalue weighted by Gasteiger charge is 2.53. The number of ether oxygens (including phenoxy) is 5. The van der Waals surface area contributed by atoms with E-state index >= 15 is 0 Å². The molecule has 8 fully saturated rings. The van der Waals surface area contributed by atoms with Gasteiger partial charge in [0.25, 0.3) is 0 Å². The van der Waals surface area contributed by atoms with Crippen molar-refractivity contribution < 1.29 is 78.8 Å². The molecule has 138 heavy (non-hydrogen) atoms. The van der Waals surface area contributed by atoms with Crippen molar-refractivity contribution in [2.45, 2.75) is 191 Å². The summed E-state index contributed by atoms with van der Waals surface area (Å²) >= 11 is 0. The maximum Gasteiger partial charge on any atom is 0.407 e. The summed E-state index contributed by atoms with van der Waals surface area (Å²) in [6.07, 6.45) is 42.4. The first-order chi connectivity index (χ1) is 67.2. The number of furan rings is 2. The molecule has 10 aromatic rings. The van der Waals surface area contributed by atoms with Crippen molar-refractivity contribution >= 4 is 60.8 Å². The fraction of sp³-hybridized carbons (Fsp3) is 0.400. The lowest BCUT2D eigenvalue weighted by atomic mass is 9.61. The van der Waals surface area contributed by atoms with Crippen LogP contribution in [0.15, 0.2) is 228 Å². The van der Waals surface area contributed by atoms with Crippen molar-refractivity contribution in [2.75, 3.05) is 26.4 Å². The number of hydrogen-bond acceptors (Lipinski definition) is 17. The number of allylic oxidation sites excluding steroid dienone is 2. The lowest BCUT2D eigenvalue weighted by molar-refractivity contribution is 0.00604. The van der Waals surface area contributed by atoms with Crippen molar-refractivity contribution in [3.05, 3.63) is 288 Å². The van der Waals surface area contributed by atoms with Crippen molar-refractivity contribution in [3.8, 4) is 44.5 Å². The van der Waals surface area contributed by atoms with Gasteiger partial charge in [0, 0.05) is 112 Å². The molecule has 24 nitrogen and oxygen atoms in total. The second-order valence-corrected chi connectivity index (χ2v) is 37.7. The highest BCUT2D eigenvalue weighted by molar-refractivity contribution is 5.78. The zero-order chi connectivity index (χ0) is 95.7.